The topological polar surface area (TPSA) is 43.1 Å². The van der Waals surface area contributed by atoms with E-state index in [4.69, 9.17) is 0 Å². The first kappa shape index (κ1) is 17.4. The van der Waals surface area contributed by atoms with E-state index >= 15 is 0 Å². The lowest BCUT2D eigenvalue weighted by Gasteiger charge is -2.32. The SMILES string of the molecule is C=CC[N+](C)(CC=C)Cc1ccc([N+](=O)[O-])cc1.[Cl-]. The summed E-state index contributed by atoms with van der Waals surface area (Å²) in [5.41, 5.74) is 1.20. The maximum atomic E-state index is 10.6. The van der Waals surface area contributed by atoms with Crippen molar-refractivity contribution in [2.75, 3.05) is 20.1 Å². The molecule has 0 radical (unpaired) electrons. The summed E-state index contributed by atoms with van der Waals surface area (Å²) >= 11 is 0. The molecule has 104 valence electrons. The minimum Gasteiger partial charge on any atom is -1.00 e. The van der Waals surface area contributed by atoms with Crippen molar-refractivity contribution in [2.24, 2.45) is 0 Å². The van der Waals surface area contributed by atoms with Gasteiger partial charge in [0.2, 0.25) is 0 Å². The summed E-state index contributed by atoms with van der Waals surface area (Å²) in [5.74, 6) is 0. The molecule has 0 saturated heterocycles. The summed E-state index contributed by atoms with van der Waals surface area (Å²) in [4.78, 5) is 10.2. The molecule has 0 aromatic heterocycles. The van der Waals surface area contributed by atoms with Gasteiger partial charge < -0.3 is 16.9 Å². The average molecular weight is 283 g/mol. The zero-order chi connectivity index (χ0) is 13.6. The lowest BCUT2D eigenvalue weighted by atomic mass is 10.1. The summed E-state index contributed by atoms with van der Waals surface area (Å²) in [5, 5.41) is 10.6. The molecule has 0 atom stereocenters. The zero-order valence-electron chi connectivity index (χ0n) is 11.1. The number of benzene rings is 1. The molecule has 0 saturated carbocycles. The zero-order valence-corrected chi connectivity index (χ0v) is 11.8. The first-order valence-corrected chi connectivity index (χ1v) is 5.79. The van der Waals surface area contributed by atoms with Gasteiger partial charge in [-0.2, -0.15) is 0 Å². The normalized spacial score (nSPS) is 10.4. The number of halogens is 1. The Labute approximate surface area is 120 Å². The molecule has 1 aromatic carbocycles. The van der Waals surface area contributed by atoms with E-state index < -0.39 is 0 Å². The standard InChI is InChI=1S/C14H19N2O2.ClH/c1-4-10-16(3,11-5-2)12-13-6-8-14(9-7-13)15(17)18;/h4-9H,1-2,10-12H2,3H3;1H/q+1;/p-1. The maximum absolute atomic E-state index is 10.6. The molecule has 0 aliphatic rings. The van der Waals surface area contributed by atoms with E-state index in [9.17, 15) is 10.1 Å². The molecule has 1 rings (SSSR count). The van der Waals surface area contributed by atoms with Crippen molar-refractivity contribution in [1.29, 1.82) is 0 Å². The second kappa shape index (κ2) is 7.71. The molecule has 4 nitrogen and oxygen atoms in total. The van der Waals surface area contributed by atoms with Crippen LogP contribution in [0.5, 0.6) is 0 Å². The van der Waals surface area contributed by atoms with Crippen LogP contribution in [0.3, 0.4) is 0 Å². The van der Waals surface area contributed by atoms with E-state index in [1.54, 1.807) is 24.3 Å². The molecule has 0 heterocycles. The highest BCUT2D eigenvalue weighted by atomic mass is 35.5. The van der Waals surface area contributed by atoms with Crippen molar-refractivity contribution < 1.29 is 21.8 Å². The molecule has 0 aliphatic heterocycles. The highest BCUT2D eigenvalue weighted by molar-refractivity contribution is 5.32. The first-order valence-electron chi connectivity index (χ1n) is 5.79. The Morgan fingerprint density at radius 2 is 1.68 bits per heavy atom. The van der Waals surface area contributed by atoms with Crippen LogP contribution in [0.4, 0.5) is 5.69 Å². The number of nitrogens with zero attached hydrogens (tertiary/aromatic N) is 2. The van der Waals surface area contributed by atoms with Crippen molar-refractivity contribution in [3.05, 3.63) is 65.3 Å². The van der Waals surface area contributed by atoms with Crippen LogP contribution in [0.25, 0.3) is 0 Å². The summed E-state index contributed by atoms with van der Waals surface area (Å²) in [7, 11) is 2.12. The number of non-ortho nitro benzene ring substituents is 1. The number of nitro benzene ring substituents is 1. The van der Waals surface area contributed by atoms with Gasteiger partial charge in [0.1, 0.15) is 6.54 Å². The average Bonchev–Trinajstić information content (AvgIpc) is 2.30. The number of rotatable bonds is 7. The van der Waals surface area contributed by atoms with Crippen LogP contribution in [0.15, 0.2) is 49.6 Å². The second-order valence-corrected chi connectivity index (χ2v) is 4.64. The smallest absolute Gasteiger partial charge is 0.269 e. The van der Waals surface area contributed by atoms with Crippen LogP contribution in [0.2, 0.25) is 0 Å². The van der Waals surface area contributed by atoms with Gasteiger partial charge in [-0.25, -0.2) is 0 Å². The lowest BCUT2D eigenvalue weighted by molar-refractivity contribution is -0.911. The van der Waals surface area contributed by atoms with Gasteiger partial charge in [0, 0.05) is 17.7 Å². The van der Waals surface area contributed by atoms with E-state index in [0.29, 0.717) is 0 Å². The van der Waals surface area contributed by atoms with Crippen LogP contribution in [0.1, 0.15) is 5.56 Å². The fourth-order valence-corrected chi connectivity index (χ4v) is 1.99. The van der Waals surface area contributed by atoms with Gasteiger partial charge >= 0.3 is 0 Å². The molecule has 0 N–H and O–H groups in total. The number of hydrogen-bond acceptors (Lipinski definition) is 2. The van der Waals surface area contributed by atoms with E-state index in [1.807, 2.05) is 12.2 Å². The fourth-order valence-electron chi connectivity index (χ4n) is 1.99. The van der Waals surface area contributed by atoms with Crippen LogP contribution >= 0.6 is 0 Å². The quantitative estimate of drug-likeness (QED) is 0.304. The number of likely N-dealkylation sites (N-methyl/N-ethyl adjacent to an activating group) is 1. The van der Waals surface area contributed by atoms with Gasteiger partial charge in [-0.15, -0.1) is 0 Å². The fraction of sp³-hybridized carbons (Fsp3) is 0.286. The van der Waals surface area contributed by atoms with Crippen LogP contribution in [-0.2, 0) is 6.54 Å². The van der Waals surface area contributed by atoms with Gasteiger partial charge in [-0.3, -0.25) is 10.1 Å². The van der Waals surface area contributed by atoms with Crippen molar-refractivity contribution in [3.63, 3.8) is 0 Å². The molecular weight excluding hydrogens is 264 g/mol. The van der Waals surface area contributed by atoms with E-state index in [-0.39, 0.29) is 23.0 Å². The second-order valence-electron chi connectivity index (χ2n) is 4.64. The molecule has 0 amide bonds. The minimum atomic E-state index is -0.384. The summed E-state index contributed by atoms with van der Waals surface area (Å²) in [6.45, 7) is 10.0. The first-order chi connectivity index (χ1) is 8.50. The third kappa shape index (κ3) is 5.24. The van der Waals surface area contributed by atoms with E-state index in [1.165, 1.54) is 0 Å². The summed E-state index contributed by atoms with van der Waals surface area (Å²) in [6.07, 6.45) is 3.77. The molecule has 0 bridgehead atoms. The Kier molecular flexibility index (Phi) is 7.04. The third-order valence-corrected chi connectivity index (χ3v) is 2.85. The number of hydrogen-bond donors (Lipinski definition) is 0. The van der Waals surface area contributed by atoms with Crippen molar-refractivity contribution in [3.8, 4) is 0 Å². The van der Waals surface area contributed by atoms with Crippen LogP contribution in [0, 0.1) is 10.1 Å². The Balaban J connectivity index is 0.00000324. The minimum absolute atomic E-state index is 0. The van der Waals surface area contributed by atoms with Crippen molar-refractivity contribution in [2.45, 2.75) is 6.54 Å². The summed E-state index contributed by atoms with van der Waals surface area (Å²) in [6, 6.07) is 6.70. The van der Waals surface area contributed by atoms with Gasteiger partial charge in [0.05, 0.1) is 25.1 Å². The highest BCUT2D eigenvalue weighted by Gasteiger charge is 2.19. The predicted octanol–water partition coefficient (Wildman–Crippen LogP) is -0.0826. The van der Waals surface area contributed by atoms with Crippen molar-refractivity contribution >= 4 is 5.69 Å². The van der Waals surface area contributed by atoms with Crippen molar-refractivity contribution in [1.82, 2.24) is 0 Å². The molecule has 0 spiro atoms. The van der Waals surface area contributed by atoms with E-state index in [2.05, 4.69) is 20.2 Å². The largest absolute Gasteiger partial charge is 1.00 e. The molecule has 0 unspecified atom stereocenters. The van der Waals surface area contributed by atoms with Crippen LogP contribution < -0.4 is 12.4 Å². The van der Waals surface area contributed by atoms with Gasteiger partial charge in [-0.1, -0.05) is 13.2 Å². The van der Waals surface area contributed by atoms with Gasteiger partial charge in [0.15, 0.2) is 0 Å². The predicted molar refractivity (Wildman–Crippen MR) is 73.1 cm³/mol. The molecule has 0 fully saturated rings. The Hall–Kier alpha value is -1.65. The molecule has 0 aliphatic carbocycles. The molecule has 19 heavy (non-hydrogen) atoms. The lowest BCUT2D eigenvalue weighted by Crippen LogP contribution is -3.00. The highest BCUT2D eigenvalue weighted by Crippen LogP contribution is 2.16. The molecule has 5 heteroatoms. The molecule has 1 aromatic rings. The molecular formula is C14H19ClN2O2. The van der Waals surface area contributed by atoms with Gasteiger partial charge in [-0.05, 0) is 24.3 Å². The number of quaternary nitrogens is 1. The summed E-state index contributed by atoms with van der Waals surface area (Å²) < 4.78 is 0.769. The third-order valence-electron chi connectivity index (χ3n) is 2.85. The Bertz CT molecular complexity index is 433. The van der Waals surface area contributed by atoms with Crippen LogP contribution in [-0.4, -0.2) is 29.5 Å². The Morgan fingerprint density at radius 1 is 1.21 bits per heavy atom. The van der Waals surface area contributed by atoms with E-state index in [0.717, 1.165) is 29.7 Å². The monoisotopic (exact) mass is 282 g/mol. The maximum Gasteiger partial charge on any atom is 0.269 e. The van der Waals surface area contributed by atoms with Gasteiger partial charge in [0.25, 0.3) is 5.69 Å². The Morgan fingerprint density at radius 3 is 2.05 bits per heavy atom. The number of nitro groups is 1.